The Hall–Kier alpha value is -1.25. The van der Waals surface area contributed by atoms with Crippen LogP contribution < -0.4 is 0 Å². The molecule has 0 saturated carbocycles. The third-order valence-corrected chi connectivity index (χ3v) is 3.83. The third kappa shape index (κ3) is 3.62. The van der Waals surface area contributed by atoms with Crippen LogP contribution in [-0.2, 0) is 9.53 Å². The van der Waals surface area contributed by atoms with Crippen LogP contribution in [0.4, 0.5) is 0 Å². The number of ether oxygens (including phenoxy) is 1. The maximum Gasteiger partial charge on any atom is 0.319 e. The van der Waals surface area contributed by atoms with E-state index in [-0.39, 0.29) is 22.9 Å². The Bertz CT molecular complexity index is 473. The molecule has 0 bridgehead atoms. The van der Waals surface area contributed by atoms with E-state index in [2.05, 4.69) is 14.9 Å². The molecule has 0 N–H and O–H groups in total. The summed E-state index contributed by atoms with van der Waals surface area (Å²) < 4.78 is 4.86. The van der Waals surface area contributed by atoms with E-state index in [1.807, 2.05) is 4.90 Å². The molecule has 2 rings (SSSR count). The summed E-state index contributed by atoms with van der Waals surface area (Å²) in [6.45, 7) is 2.62. The Labute approximate surface area is 119 Å². The van der Waals surface area contributed by atoms with Crippen molar-refractivity contribution in [2.75, 3.05) is 39.8 Å². The molecule has 0 radical (unpaired) electrons. The van der Waals surface area contributed by atoms with Crippen molar-refractivity contribution in [1.29, 1.82) is 0 Å². The quantitative estimate of drug-likeness (QED) is 0.739. The number of hydrogen-bond donors (Lipinski definition) is 0. The zero-order valence-corrected chi connectivity index (χ0v) is 11.9. The van der Waals surface area contributed by atoms with E-state index in [0.717, 1.165) is 11.3 Å². The second-order valence-corrected chi connectivity index (χ2v) is 5.56. The minimum Gasteiger partial charge on any atom is -0.468 e. The lowest BCUT2D eigenvalue weighted by Gasteiger charge is -2.33. The van der Waals surface area contributed by atoms with Gasteiger partial charge >= 0.3 is 5.97 Å². The minimum atomic E-state index is -0.268. The predicted octanol–water partition coefficient (Wildman–Crippen LogP) is 0.122. The van der Waals surface area contributed by atoms with Crippen molar-refractivity contribution in [2.24, 2.45) is 0 Å². The zero-order valence-electron chi connectivity index (χ0n) is 10.3. The molecule has 1 fully saturated rings. The first kappa shape index (κ1) is 14.2. The number of halogens is 1. The van der Waals surface area contributed by atoms with E-state index < -0.39 is 0 Å². The number of carbonyl (C=O) groups is 2. The Balaban J connectivity index is 1.86. The Morgan fingerprint density at radius 3 is 2.53 bits per heavy atom. The predicted molar refractivity (Wildman–Crippen MR) is 69.3 cm³/mol. The average Bonchev–Trinajstić information content (AvgIpc) is 2.85. The van der Waals surface area contributed by atoms with Crippen LogP contribution in [0, 0.1) is 0 Å². The van der Waals surface area contributed by atoms with Crippen LogP contribution in [0.2, 0.25) is 4.47 Å². The number of amides is 1. The SMILES string of the molecule is COC(=O)CN1CCN(C(=O)c2nnc(Cl)s2)CC1. The lowest BCUT2D eigenvalue weighted by Crippen LogP contribution is -2.50. The Kier molecular flexibility index (Phi) is 4.67. The fourth-order valence-corrected chi connectivity index (χ4v) is 2.58. The summed E-state index contributed by atoms with van der Waals surface area (Å²) in [7, 11) is 1.36. The van der Waals surface area contributed by atoms with Gasteiger partial charge in [-0.2, -0.15) is 0 Å². The van der Waals surface area contributed by atoms with Crippen LogP contribution in [0.25, 0.3) is 0 Å². The van der Waals surface area contributed by atoms with Crippen LogP contribution in [-0.4, -0.2) is 71.7 Å². The number of aromatic nitrogens is 2. The van der Waals surface area contributed by atoms with Gasteiger partial charge < -0.3 is 9.64 Å². The topological polar surface area (TPSA) is 75.6 Å². The van der Waals surface area contributed by atoms with E-state index in [4.69, 9.17) is 11.6 Å². The Morgan fingerprint density at radius 1 is 1.32 bits per heavy atom. The van der Waals surface area contributed by atoms with Crippen LogP contribution in [0.5, 0.6) is 0 Å². The first-order valence-corrected chi connectivity index (χ1v) is 6.87. The van der Waals surface area contributed by atoms with E-state index in [1.165, 1.54) is 7.11 Å². The Morgan fingerprint density at radius 2 is 2.00 bits per heavy atom. The molecule has 1 aromatic rings. The number of hydrogen-bond acceptors (Lipinski definition) is 7. The number of esters is 1. The minimum absolute atomic E-state index is 0.165. The monoisotopic (exact) mass is 304 g/mol. The fourth-order valence-electron chi connectivity index (χ4n) is 1.78. The standard InChI is InChI=1S/C10H13ClN4O3S/c1-18-7(16)6-14-2-4-15(5-3-14)9(17)8-12-13-10(11)19-8/h2-6H2,1H3. The van der Waals surface area contributed by atoms with Crippen LogP contribution in [0.15, 0.2) is 0 Å². The van der Waals surface area contributed by atoms with Crippen molar-refractivity contribution >= 4 is 34.8 Å². The smallest absolute Gasteiger partial charge is 0.319 e. The van der Waals surface area contributed by atoms with Gasteiger partial charge in [-0.3, -0.25) is 14.5 Å². The van der Waals surface area contributed by atoms with Crippen molar-refractivity contribution in [3.05, 3.63) is 9.47 Å². The molecule has 1 aliphatic heterocycles. The lowest BCUT2D eigenvalue weighted by molar-refractivity contribution is -0.142. The molecule has 19 heavy (non-hydrogen) atoms. The summed E-state index contributed by atoms with van der Waals surface area (Å²) in [4.78, 5) is 26.8. The average molecular weight is 305 g/mol. The van der Waals surface area contributed by atoms with Gasteiger partial charge in [0.2, 0.25) is 9.47 Å². The molecular formula is C10H13ClN4O3S. The zero-order chi connectivity index (χ0) is 13.8. The molecule has 1 aliphatic rings. The molecule has 0 atom stereocenters. The summed E-state index contributed by atoms with van der Waals surface area (Å²) in [5.74, 6) is -0.433. The highest BCUT2D eigenvalue weighted by molar-refractivity contribution is 7.17. The number of nitrogens with zero attached hydrogens (tertiary/aromatic N) is 4. The molecule has 0 aromatic carbocycles. The van der Waals surface area contributed by atoms with Crippen LogP contribution in [0.3, 0.4) is 0 Å². The van der Waals surface area contributed by atoms with Gasteiger partial charge in [0.05, 0.1) is 13.7 Å². The maximum absolute atomic E-state index is 12.1. The van der Waals surface area contributed by atoms with E-state index in [0.29, 0.717) is 31.2 Å². The molecule has 1 aromatic heterocycles. The normalized spacial score (nSPS) is 16.4. The van der Waals surface area contributed by atoms with Gasteiger partial charge in [-0.05, 0) is 11.6 Å². The van der Waals surface area contributed by atoms with Crippen molar-refractivity contribution in [3.63, 3.8) is 0 Å². The van der Waals surface area contributed by atoms with Gasteiger partial charge in [0, 0.05) is 26.2 Å². The summed E-state index contributed by atoms with van der Waals surface area (Å²) in [5.41, 5.74) is 0. The molecule has 1 amide bonds. The van der Waals surface area contributed by atoms with Crippen molar-refractivity contribution < 1.29 is 14.3 Å². The van der Waals surface area contributed by atoms with Gasteiger partial charge in [-0.25, -0.2) is 0 Å². The van der Waals surface area contributed by atoms with Crippen molar-refractivity contribution in [1.82, 2.24) is 20.0 Å². The molecule has 9 heteroatoms. The molecular weight excluding hydrogens is 292 g/mol. The molecule has 2 heterocycles. The fraction of sp³-hybridized carbons (Fsp3) is 0.600. The van der Waals surface area contributed by atoms with Gasteiger partial charge in [0.15, 0.2) is 0 Å². The number of rotatable bonds is 3. The molecule has 7 nitrogen and oxygen atoms in total. The second kappa shape index (κ2) is 6.27. The molecule has 1 saturated heterocycles. The van der Waals surface area contributed by atoms with Crippen LogP contribution in [0.1, 0.15) is 9.80 Å². The van der Waals surface area contributed by atoms with Crippen molar-refractivity contribution in [3.8, 4) is 0 Å². The van der Waals surface area contributed by atoms with Gasteiger partial charge in [-0.15, -0.1) is 10.2 Å². The number of methoxy groups -OCH3 is 1. The summed E-state index contributed by atoms with van der Waals surface area (Å²) >= 11 is 6.72. The first-order chi connectivity index (χ1) is 9.10. The third-order valence-electron chi connectivity index (χ3n) is 2.82. The maximum atomic E-state index is 12.1. The van der Waals surface area contributed by atoms with Gasteiger partial charge in [0.1, 0.15) is 0 Å². The largest absolute Gasteiger partial charge is 0.468 e. The van der Waals surface area contributed by atoms with Gasteiger partial charge in [-0.1, -0.05) is 11.3 Å². The van der Waals surface area contributed by atoms with E-state index in [9.17, 15) is 9.59 Å². The summed E-state index contributed by atoms with van der Waals surface area (Å²) in [5, 5.41) is 7.64. The molecule has 0 spiro atoms. The van der Waals surface area contributed by atoms with Crippen molar-refractivity contribution in [2.45, 2.75) is 0 Å². The second-order valence-electron chi connectivity index (χ2n) is 4.00. The van der Waals surface area contributed by atoms with Crippen LogP contribution >= 0.6 is 22.9 Å². The first-order valence-electron chi connectivity index (χ1n) is 5.67. The summed E-state index contributed by atoms with van der Waals surface area (Å²) in [6, 6.07) is 0. The highest BCUT2D eigenvalue weighted by Crippen LogP contribution is 2.17. The van der Waals surface area contributed by atoms with E-state index >= 15 is 0 Å². The highest BCUT2D eigenvalue weighted by Gasteiger charge is 2.25. The number of carbonyl (C=O) groups excluding carboxylic acids is 2. The lowest BCUT2D eigenvalue weighted by atomic mass is 10.3. The molecule has 104 valence electrons. The molecule has 0 unspecified atom stereocenters. The van der Waals surface area contributed by atoms with Gasteiger partial charge in [0.25, 0.3) is 5.91 Å². The van der Waals surface area contributed by atoms with E-state index in [1.54, 1.807) is 4.90 Å². The highest BCUT2D eigenvalue weighted by atomic mass is 35.5. The summed E-state index contributed by atoms with van der Waals surface area (Å²) in [6.07, 6.45) is 0. The number of piperazine rings is 1. The molecule has 0 aliphatic carbocycles.